The van der Waals surface area contributed by atoms with Gasteiger partial charge in [-0.3, -0.25) is 4.98 Å². The van der Waals surface area contributed by atoms with Crippen LogP contribution in [0.5, 0.6) is 5.75 Å². The lowest BCUT2D eigenvalue weighted by Crippen LogP contribution is -1.91. The number of hydrogen-bond donors (Lipinski definition) is 1. The summed E-state index contributed by atoms with van der Waals surface area (Å²) in [6.45, 7) is 2.66. The van der Waals surface area contributed by atoms with Crippen molar-refractivity contribution in [3.63, 3.8) is 0 Å². The van der Waals surface area contributed by atoms with Crippen LogP contribution in [0.2, 0.25) is 0 Å². The highest BCUT2D eigenvalue weighted by molar-refractivity contribution is 6.10. The van der Waals surface area contributed by atoms with Gasteiger partial charge in [-0.2, -0.15) is 0 Å². The van der Waals surface area contributed by atoms with Crippen molar-refractivity contribution in [1.29, 1.82) is 0 Å². The summed E-state index contributed by atoms with van der Waals surface area (Å²) in [6.07, 6.45) is 1.87. The van der Waals surface area contributed by atoms with E-state index in [0.29, 0.717) is 6.61 Å². The Hall–Kier alpha value is -2.81. The van der Waals surface area contributed by atoms with Crippen LogP contribution in [-0.2, 0) is 0 Å². The van der Waals surface area contributed by atoms with Crippen LogP contribution in [0, 0.1) is 0 Å². The van der Waals surface area contributed by atoms with Crippen LogP contribution in [0.3, 0.4) is 0 Å². The van der Waals surface area contributed by atoms with Gasteiger partial charge in [0.1, 0.15) is 5.75 Å². The van der Waals surface area contributed by atoms with Crippen LogP contribution in [0.25, 0.3) is 33.1 Å². The third kappa shape index (κ3) is 2.02. The van der Waals surface area contributed by atoms with Gasteiger partial charge in [-0.15, -0.1) is 0 Å². The number of pyridine rings is 1. The zero-order valence-corrected chi connectivity index (χ0v) is 12.3. The number of nitrogens with one attached hydrogen (secondary N) is 1. The van der Waals surface area contributed by atoms with Gasteiger partial charge in [0.25, 0.3) is 0 Å². The molecule has 4 aromatic rings. The first kappa shape index (κ1) is 12.9. The maximum atomic E-state index is 5.50. The monoisotopic (exact) mass is 288 g/mol. The number of para-hydroxylation sites is 1. The number of H-pyrrole nitrogens is 1. The zero-order valence-electron chi connectivity index (χ0n) is 12.3. The molecular formula is C19H16N2O. The molecule has 3 heteroatoms. The third-order valence-corrected chi connectivity index (χ3v) is 3.87. The molecule has 0 aliphatic carbocycles. The SMILES string of the molecule is CCOc1ccc(-c2nccc3c2[nH]c2ccccc23)cc1. The number of rotatable bonds is 3. The first-order valence-corrected chi connectivity index (χ1v) is 7.45. The maximum Gasteiger partial charge on any atom is 0.119 e. The summed E-state index contributed by atoms with van der Waals surface area (Å²) in [5.74, 6) is 0.884. The molecular weight excluding hydrogens is 272 g/mol. The molecule has 2 heterocycles. The van der Waals surface area contributed by atoms with Gasteiger partial charge in [0.05, 0.1) is 17.8 Å². The molecule has 0 amide bonds. The smallest absolute Gasteiger partial charge is 0.119 e. The van der Waals surface area contributed by atoms with Crippen molar-refractivity contribution >= 4 is 21.8 Å². The molecule has 0 aliphatic rings. The van der Waals surface area contributed by atoms with E-state index in [1.165, 1.54) is 10.8 Å². The van der Waals surface area contributed by atoms with E-state index >= 15 is 0 Å². The molecule has 22 heavy (non-hydrogen) atoms. The highest BCUT2D eigenvalue weighted by Gasteiger charge is 2.10. The fourth-order valence-electron chi connectivity index (χ4n) is 2.87. The van der Waals surface area contributed by atoms with Crippen LogP contribution >= 0.6 is 0 Å². The van der Waals surface area contributed by atoms with Gasteiger partial charge in [-0.1, -0.05) is 18.2 Å². The van der Waals surface area contributed by atoms with Gasteiger partial charge in [0.2, 0.25) is 0 Å². The normalized spacial score (nSPS) is 11.1. The predicted octanol–water partition coefficient (Wildman–Crippen LogP) is 4.78. The molecule has 0 fully saturated rings. The molecule has 108 valence electrons. The topological polar surface area (TPSA) is 37.9 Å². The Labute approximate surface area is 128 Å². The molecule has 2 aromatic carbocycles. The minimum atomic E-state index is 0.676. The van der Waals surface area contributed by atoms with Crippen molar-refractivity contribution in [3.05, 3.63) is 60.8 Å². The summed E-state index contributed by atoms with van der Waals surface area (Å²) in [5.41, 5.74) is 4.27. The molecule has 2 aromatic heterocycles. The number of ether oxygens (including phenoxy) is 1. The van der Waals surface area contributed by atoms with Crippen molar-refractivity contribution in [2.75, 3.05) is 6.61 Å². The van der Waals surface area contributed by atoms with Crippen molar-refractivity contribution in [2.45, 2.75) is 6.92 Å². The summed E-state index contributed by atoms with van der Waals surface area (Å²) in [4.78, 5) is 8.07. The van der Waals surface area contributed by atoms with E-state index in [4.69, 9.17) is 4.74 Å². The quantitative estimate of drug-likeness (QED) is 0.589. The summed E-state index contributed by atoms with van der Waals surface area (Å²) in [7, 11) is 0. The highest BCUT2D eigenvalue weighted by atomic mass is 16.5. The molecule has 0 radical (unpaired) electrons. The Kier molecular flexibility index (Phi) is 3.04. The fraction of sp³-hybridized carbons (Fsp3) is 0.105. The van der Waals surface area contributed by atoms with E-state index in [1.54, 1.807) is 0 Å². The Bertz CT molecular complexity index is 939. The zero-order chi connectivity index (χ0) is 14.9. The first-order chi connectivity index (χ1) is 10.9. The standard InChI is InChI=1S/C19H16N2O/c1-2-22-14-9-7-13(8-10-14)18-19-16(11-12-20-18)15-5-3-4-6-17(15)21-19/h3-12,21H,2H2,1H3. The van der Waals surface area contributed by atoms with E-state index in [1.807, 2.05) is 31.3 Å². The average molecular weight is 288 g/mol. The van der Waals surface area contributed by atoms with Crippen molar-refractivity contribution in [1.82, 2.24) is 9.97 Å². The Morgan fingerprint density at radius 1 is 0.955 bits per heavy atom. The van der Waals surface area contributed by atoms with Crippen LogP contribution in [0.1, 0.15) is 6.92 Å². The van der Waals surface area contributed by atoms with E-state index in [-0.39, 0.29) is 0 Å². The summed E-state index contributed by atoms with van der Waals surface area (Å²) < 4.78 is 5.50. The van der Waals surface area contributed by atoms with Crippen LogP contribution in [0.4, 0.5) is 0 Å². The van der Waals surface area contributed by atoms with Crippen molar-refractivity contribution in [2.24, 2.45) is 0 Å². The van der Waals surface area contributed by atoms with Crippen LogP contribution in [0.15, 0.2) is 60.8 Å². The number of hydrogen-bond acceptors (Lipinski definition) is 2. The van der Waals surface area contributed by atoms with E-state index < -0.39 is 0 Å². The number of aromatic nitrogens is 2. The second kappa shape index (κ2) is 5.19. The van der Waals surface area contributed by atoms with Gasteiger partial charge in [0.15, 0.2) is 0 Å². The third-order valence-electron chi connectivity index (χ3n) is 3.87. The molecule has 0 atom stereocenters. The van der Waals surface area contributed by atoms with Gasteiger partial charge in [-0.25, -0.2) is 0 Å². The predicted molar refractivity (Wildman–Crippen MR) is 90.2 cm³/mol. The molecule has 4 rings (SSSR count). The largest absolute Gasteiger partial charge is 0.494 e. The van der Waals surface area contributed by atoms with E-state index in [0.717, 1.165) is 28.0 Å². The highest BCUT2D eigenvalue weighted by Crippen LogP contribution is 2.31. The number of aromatic amines is 1. The van der Waals surface area contributed by atoms with E-state index in [2.05, 4.69) is 46.4 Å². The van der Waals surface area contributed by atoms with Gasteiger partial charge in [0, 0.05) is 28.0 Å². The van der Waals surface area contributed by atoms with Gasteiger partial charge >= 0.3 is 0 Å². The molecule has 3 nitrogen and oxygen atoms in total. The molecule has 0 bridgehead atoms. The van der Waals surface area contributed by atoms with Crippen molar-refractivity contribution < 1.29 is 4.74 Å². The lowest BCUT2D eigenvalue weighted by atomic mass is 10.1. The summed E-state index contributed by atoms with van der Waals surface area (Å²) >= 11 is 0. The molecule has 0 unspecified atom stereocenters. The van der Waals surface area contributed by atoms with Crippen LogP contribution in [-0.4, -0.2) is 16.6 Å². The number of fused-ring (bicyclic) bond motifs is 3. The second-order valence-corrected chi connectivity index (χ2v) is 5.21. The summed E-state index contributed by atoms with van der Waals surface area (Å²) in [6, 6.07) is 18.5. The average Bonchev–Trinajstić information content (AvgIpc) is 2.95. The lowest BCUT2D eigenvalue weighted by molar-refractivity contribution is 0.340. The van der Waals surface area contributed by atoms with Gasteiger partial charge < -0.3 is 9.72 Å². The minimum Gasteiger partial charge on any atom is -0.494 e. The molecule has 0 saturated heterocycles. The van der Waals surface area contributed by atoms with Crippen molar-refractivity contribution in [3.8, 4) is 17.0 Å². The van der Waals surface area contributed by atoms with Crippen LogP contribution < -0.4 is 4.74 Å². The molecule has 0 spiro atoms. The lowest BCUT2D eigenvalue weighted by Gasteiger charge is -2.05. The molecule has 0 aliphatic heterocycles. The van der Waals surface area contributed by atoms with Gasteiger partial charge in [-0.05, 0) is 43.3 Å². The Balaban J connectivity index is 1.91. The van der Waals surface area contributed by atoms with E-state index in [9.17, 15) is 0 Å². The molecule has 1 N–H and O–H groups in total. The first-order valence-electron chi connectivity index (χ1n) is 7.45. The Morgan fingerprint density at radius 2 is 1.77 bits per heavy atom. The summed E-state index contributed by atoms with van der Waals surface area (Å²) in [5, 5.41) is 2.43. The minimum absolute atomic E-state index is 0.676. The number of nitrogens with zero attached hydrogens (tertiary/aromatic N) is 1. The molecule has 0 saturated carbocycles. The fourth-order valence-corrected chi connectivity index (χ4v) is 2.87. The maximum absolute atomic E-state index is 5.50. The number of benzene rings is 2. The second-order valence-electron chi connectivity index (χ2n) is 5.21. The Morgan fingerprint density at radius 3 is 2.59 bits per heavy atom.